The quantitative estimate of drug-likeness (QED) is 0.717. The molecule has 21 heavy (non-hydrogen) atoms. The van der Waals surface area contributed by atoms with E-state index in [4.69, 9.17) is 0 Å². The Kier molecular flexibility index (Phi) is 5.36. The minimum absolute atomic E-state index is 0.221. The van der Waals surface area contributed by atoms with Crippen molar-refractivity contribution in [1.29, 1.82) is 0 Å². The average Bonchev–Trinajstić information content (AvgIpc) is 3.32. The van der Waals surface area contributed by atoms with Crippen LogP contribution in [0.5, 0.6) is 0 Å². The van der Waals surface area contributed by atoms with Crippen LogP contribution in [0.3, 0.4) is 0 Å². The van der Waals surface area contributed by atoms with Gasteiger partial charge in [0.05, 0.1) is 13.5 Å². The molecule has 1 fully saturated rings. The van der Waals surface area contributed by atoms with Gasteiger partial charge in [-0.3, -0.25) is 4.79 Å². The van der Waals surface area contributed by atoms with Crippen molar-refractivity contribution < 1.29 is 9.53 Å². The van der Waals surface area contributed by atoms with Crippen molar-refractivity contribution in [2.75, 3.05) is 30.8 Å². The van der Waals surface area contributed by atoms with Gasteiger partial charge in [-0.15, -0.1) is 0 Å². The first-order valence-electron chi connectivity index (χ1n) is 7.58. The van der Waals surface area contributed by atoms with E-state index in [9.17, 15) is 4.79 Å². The molecule has 1 aromatic rings. The molecule has 2 N–H and O–H groups in total. The molecule has 1 aliphatic rings. The van der Waals surface area contributed by atoms with Crippen LogP contribution in [0.15, 0.2) is 0 Å². The lowest BCUT2D eigenvalue weighted by Crippen LogP contribution is -2.14. The van der Waals surface area contributed by atoms with E-state index in [1.54, 1.807) is 0 Å². The lowest BCUT2D eigenvalue weighted by molar-refractivity contribution is -0.140. The van der Waals surface area contributed by atoms with Crippen molar-refractivity contribution >= 4 is 17.6 Å². The second kappa shape index (κ2) is 7.24. The fourth-order valence-corrected chi connectivity index (χ4v) is 2.03. The lowest BCUT2D eigenvalue weighted by atomic mass is 10.2. The molecule has 0 spiro atoms. The summed E-state index contributed by atoms with van der Waals surface area (Å²) in [6, 6.07) is 0. The van der Waals surface area contributed by atoms with E-state index in [1.807, 2.05) is 6.92 Å². The zero-order valence-corrected chi connectivity index (χ0v) is 13.0. The van der Waals surface area contributed by atoms with Crippen LogP contribution in [-0.2, 0) is 9.53 Å². The van der Waals surface area contributed by atoms with Crippen LogP contribution in [0.25, 0.3) is 0 Å². The zero-order valence-electron chi connectivity index (χ0n) is 13.0. The third-order valence-electron chi connectivity index (χ3n) is 3.50. The van der Waals surface area contributed by atoms with Gasteiger partial charge in [-0.25, -0.2) is 9.97 Å². The van der Waals surface area contributed by atoms with Crippen LogP contribution in [0.4, 0.5) is 11.6 Å². The Morgan fingerprint density at radius 3 is 2.38 bits per heavy atom. The monoisotopic (exact) mass is 292 g/mol. The van der Waals surface area contributed by atoms with E-state index in [1.165, 1.54) is 7.11 Å². The summed E-state index contributed by atoms with van der Waals surface area (Å²) in [6.45, 7) is 5.53. The van der Waals surface area contributed by atoms with E-state index < -0.39 is 0 Å². The van der Waals surface area contributed by atoms with Crippen LogP contribution in [0.2, 0.25) is 0 Å². The molecule has 1 saturated carbocycles. The van der Waals surface area contributed by atoms with Gasteiger partial charge in [0.25, 0.3) is 0 Å². The number of nitrogens with zero attached hydrogens (tertiary/aromatic N) is 2. The summed E-state index contributed by atoms with van der Waals surface area (Å²) < 4.78 is 4.64. The first-order chi connectivity index (χ1) is 10.2. The smallest absolute Gasteiger partial charge is 0.307 e. The Morgan fingerprint density at radius 2 is 1.86 bits per heavy atom. The Morgan fingerprint density at radius 1 is 1.24 bits per heavy atom. The molecule has 0 unspecified atom stereocenters. The van der Waals surface area contributed by atoms with Gasteiger partial charge in [-0.2, -0.15) is 0 Å². The normalized spacial score (nSPS) is 13.9. The first-order valence-corrected chi connectivity index (χ1v) is 7.58. The van der Waals surface area contributed by atoms with E-state index in [-0.39, 0.29) is 5.97 Å². The third kappa shape index (κ3) is 4.31. The molecular weight excluding hydrogens is 268 g/mol. The number of anilines is 2. The molecule has 0 saturated heterocycles. The molecule has 2 rings (SSSR count). The summed E-state index contributed by atoms with van der Waals surface area (Å²) >= 11 is 0. The van der Waals surface area contributed by atoms with Gasteiger partial charge >= 0.3 is 5.97 Å². The molecular formula is C15H24N4O2. The highest BCUT2D eigenvalue weighted by Gasteiger charge is 2.28. The number of esters is 1. The molecule has 1 heterocycles. The molecule has 6 heteroatoms. The second-order valence-electron chi connectivity index (χ2n) is 5.36. The maximum Gasteiger partial charge on any atom is 0.307 e. The predicted molar refractivity (Wildman–Crippen MR) is 82.6 cm³/mol. The lowest BCUT2D eigenvalue weighted by Gasteiger charge is -2.14. The average molecular weight is 292 g/mol. The van der Waals surface area contributed by atoms with Crippen LogP contribution < -0.4 is 10.6 Å². The van der Waals surface area contributed by atoms with E-state index in [2.05, 4.69) is 32.3 Å². The minimum Gasteiger partial charge on any atom is -0.469 e. The number of aromatic nitrogens is 2. The van der Waals surface area contributed by atoms with Gasteiger partial charge in [0.1, 0.15) is 17.5 Å². The predicted octanol–water partition coefficient (Wildman–Crippen LogP) is 2.46. The fraction of sp³-hybridized carbons (Fsp3) is 0.667. The molecule has 6 nitrogen and oxygen atoms in total. The van der Waals surface area contributed by atoms with Gasteiger partial charge in [0.2, 0.25) is 0 Å². The number of rotatable bonds is 8. The SMILES string of the molecule is CCCNc1nc(C2CC2)nc(NCCC(=O)OC)c1C. The van der Waals surface area contributed by atoms with Crippen molar-refractivity contribution in [2.24, 2.45) is 0 Å². The highest BCUT2D eigenvalue weighted by atomic mass is 16.5. The number of ether oxygens (including phenoxy) is 1. The molecule has 0 aliphatic heterocycles. The molecule has 0 atom stereocenters. The molecule has 0 radical (unpaired) electrons. The van der Waals surface area contributed by atoms with Crippen molar-refractivity contribution in [3.05, 3.63) is 11.4 Å². The Hall–Kier alpha value is -1.85. The van der Waals surface area contributed by atoms with Gasteiger partial charge in [0.15, 0.2) is 0 Å². The molecule has 1 aromatic heterocycles. The Labute approximate surface area is 125 Å². The van der Waals surface area contributed by atoms with Crippen LogP contribution in [0.1, 0.15) is 49.9 Å². The number of hydrogen-bond acceptors (Lipinski definition) is 6. The first kappa shape index (κ1) is 15.5. The molecule has 0 aromatic carbocycles. The number of carbonyl (C=O) groups is 1. The molecule has 1 aliphatic carbocycles. The number of methoxy groups -OCH3 is 1. The van der Waals surface area contributed by atoms with Crippen LogP contribution in [-0.4, -0.2) is 36.1 Å². The summed E-state index contributed by atoms with van der Waals surface area (Å²) in [4.78, 5) is 20.4. The highest BCUT2D eigenvalue weighted by Crippen LogP contribution is 2.39. The van der Waals surface area contributed by atoms with Crippen molar-refractivity contribution in [2.45, 2.75) is 45.4 Å². The maximum atomic E-state index is 11.2. The summed E-state index contributed by atoms with van der Waals surface area (Å²) in [7, 11) is 1.40. The molecule has 116 valence electrons. The largest absolute Gasteiger partial charge is 0.469 e. The minimum atomic E-state index is -0.221. The zero-order chi connectivity index (χ0) is 15.2. The summed E-state index contributed by atoms with van der Waals surface area (Å²) in [5.41, 5.74) is 0.998. The molecule has 0 bridgehead atoms. The van der Waals surface area contributed by atoms with Gasteiger partial charge < -0.3 is 15.4 Å². The second-order valence-corrected chi connectivity index (χ2v) is 5.36. The van der Waals surface area contributed by atoms with Crippen molar-refractivity contribution in [3.8, 4) is 0 Å². The Bertz CT molecular complexity index is 501. The van der Waals surface area contributed by atoms with Gasteiger partial charge in [-0.05, 0) is 26.2 Å². The van der Waals surface area contributed by atoms with E-state index in [0.717, 1.165) is 48.8 Å². The highest BCUT2D eigenvalue weighted by molar-refractivity contribution is 5.70. The van der Waals surface area contributed by atoms with Crippen molar-refractivity contribution in [1.82, 2.24) is 9.97 Å². The van der Waals surface area contributed by atoms with E-state index >= 15 is 0 Å². The summed E-state index contributed by atoms with van der Waals surface area (Å²) in [5.74, 6) is 2.89. The Balaban J connectivity index is 2.09. The van der Waals surface area contributed by atoms with Crippen LogP contribution >= 0.6 is 0 Å². The van der Waals surface area contributed by atoms with Crippen LogP contribution in [0, 0.1) is 6.92 Å². The standard InChI is InChI=1S/C15H24N4O2/c1-4-8-16-13-10(2)14(17-9-7-12(20)21-3)19-15(18-13)11-5-6-11/h11H,4-9H2,1-3H3,(H2,16,17,18,19). The van der Waals surface area contributed by atoms with Crippen molar-refractivity contribution in [3.63, 3.8) is 0 Å². The summed E-state index contributed by atoms with van der Waals surface area (Å²) in [5, 5.41) is 6.58. The molecule has 0 amide bonds. The van der Waals surface area contributed by atoms with E-state index in [0.29, 0.717) is 18.9 Å². The van der Waals surface area contributed by atoms with Gasteiger partial charge in [-0.1, -0.05) is 6.92 Å². The number of hydrogen-bond donors (Lipinski definition) is 2. The fourth-order valence-electron chi connectivity index (χ4n) is 2.03. The summed E-state index contributed by atoms with van der Waals surface area (Å²) in [6.07, 6.45) is 3.71. The maximum absolute atomic E-state index is 11.2. The topological polar surface area (TPSA) is 76.1 Å². The number of carbonyl (C=O) groups excluding carboxylic acids is 1. The number of nitrogens with one attached hydrogen (secondary N) is 2. The van der Waals surface area contributed by atoms with Gasteiger partial charge in [0, 0.05) is 24.6 Å². The third-order valence-corrected chi connectivity index (χ3v) is 3.50.